The Morgan fingerprint density at radius 3 is 2.35 bits per heavy atom. The summed E-state index contributed by atoms with van der Waals surface area (Å²) in [6.45, 7) is 1.64. The maximum absolute atomic E-state index is 5.50. The fraction of sp³-hybridized carbons (Fsp3) is 0.200. The molecule has 0 aliphatic carbocycles. The van der Waals surface area contributed by atoms with Crippen LogP contribution in [-0.2, 0) is 0 Å². The molecular weight excluding hydrogens is 208 g/mol. The SMILES string of the molecule is NCCCNc1ccccc1-c1ccccc1. The third kappa shape index (κ3) is 3.08. The topological polar surface area (TPSA) is 38.0 Å². The highest BCUT2D eigenvalue weighted by Gasteiger charge is 2.02. The fourth-order valence-corrected chi connectivity index (χ4v) is 1.83. The molecule has 0 atom stereocenters. The Morgan fingerprint density at radius 1 is 0.882 bits per heavy atom. The Balaban J connectivity index is 2.22. The lowest BCUT2D eigenvalue weighted by atomic mass is 10.0. The number of rotatable bonds is 5. The molecule has 0 aromatic heterocycles. The number of nitrogens with two attached hydrogens (primary N) is 1. The third-order valence-corrected chi connectivity index (χ3v) is 2.71. The van der Waals surface area contributed by atoms with Crippen molar-refractivity contribution in [2.45, 2.75) is 6.42 Å². The Morgan fingerprint density at radius 2 is 1.59 bits per heavy atom. The van der Waals surface area contributed by atoms with Crippen LogP contribution >= 0.6 is 0 Å². The molecule has 2 heteroatoms. The van der Waals surface area contributed by atoms with Crippen LogP contribution in [0.15, 0.2) is 54.6 Å². The summed E-state index contributed by atoms with van der Waals surface area (Å²) in [4.78, 5) is 0. The van der Waals surface area contributed by atoms with Crippen LogP contribution in [0.2, 0.25) is 0 Å². The van der Waals surface area contributed by atoms with E-state index in [-0.39, 0.29) is 0 Å². The summed E-state index contributed by atoms with van der Waals surface area (Å²) >= 11 is 0. The number of hydrogen-bond acceptors (Lipinski definition) is 2. The Hall–Kier alpha value is -1.80. The molecule has 0 unspecified atom stereocenters. The van der Waals surface area contributed by atoms with Crippen LogP contribution in [0, 0.1) is 0 Å². The largest absolute Gasteiger partial charge is 0.384 e. The summed E-state index contributed by atoms with van der Waals surface area (Å²) in [5.41, 5.74) is 9.16. The van der Waals surface area contributed by atoms with Crippen molar-refractivity contribution in [3.05, 3.63) is 54.6 Å². The Bertz CT molecular complexity index is 451. The summed E-state index contributed by atoms with van der Waals surface area (Å²) < 4.78 is 0. The van der Waals surface area contributed by atoms with Crippen molar-refractivity contribution in [3.63, 3.8) is 0 Å². The first-order valence-electron chi connectivity index (χ1n) is 6.00. The number of benzene rings is 2. The zero-order valence-corrected chi connectivity index (χ0v) is 9.89. The van der Waals surface area contributed by atoms with Gasteiger partial charge in [0.05, 0.1) is 0 Å². The van der Waals surface area contributed by atoms with Crippen molar-refractivity contribution in [1.29, 1.82) is 0 Å². The van der Waals surface area contributed by atoms with Gasteiger partial charge in [-0.1, -0.05) is 48.5 Å². The van der Waals surface area contributed by atoms with E-state index < -0.39 is 0 Å². The van der Waals surface area contributed by atoms with E-state index in [1.807, 2.05) is 6.07 Å². The molecule has 0 heterocycles. The first-order chi connectivity index (χ1) is 8.42. The molecule has 2 aromatic carbocycles. The van der Waals surface area contributed by atoms with E-state index in [0.29, 0.717) is 0 Å². The van der Waals surface area contributed by atoms with Crippen LogP contribution in [0.4, 0.5) is 5.69 Å². The predicted octanol–water partition coefficient (Wildman–Crippen LogP) is 3.11. The van der Waals surface area contributed by atoms with Crippen LogP contribution < -0.4 is 11.1 Å². The van der Waals surface area contributed by atoms with Crippen LogP contribution in [0.1, 0.15) is 6.42 Å². The van der Waals surface area contributed by atoms with Crippen molar-refractivity contribution in [3.8, 4) is 11.1 Å². The van der Waals surface area contributed by atoms with Crippen LogP contribution in [0.25, 0.3) is 11.1 Å². The molecule has 2 aromatic rings. The average Bonchev–Trinajstić information content (AvgIpc) is 2.41. The zero-order valence-electron chi connectivity index (χ0n) is 9.89. The lowest BCUT2D eigenvalue weighted by Crippen LogP contribution is -2.08. The van der Waals surface area contributed by atoms with Gasteiger partial charge in [-0.15, -0.1) is 0 Å². The Kier molecular flexibility index (Phi) is 4.17. The minimum atomic E-state index is 0.723. The van der Waals surface area contributed by atoms with Crippen molar-refractivity contribution < 1.29 is 0 Å². The minimum absolute atomic E-state index is 0.723. The average molecular weight is 226 g/mol. The molecule has 0 saturated heterocycles. The molecule has 0 aliphatic rings. The van der Waals surface area contributed by atoms with E-state index in [2.05, 4.69) is 53.8 Å². The van der Waals surface area contributed by atoms with Gasteiger partial charge in [-0.25, -0.2) is 0 Å². The molecule has 0 aliphatic heterocycles. The van der Waals surface area contributed by atoms with Crippen molar-refractivity contribution in [2.75, 3.05) is 18.4 Å². The number of nitrogens with one attached hydrogen (secondary N) is 1. The molecule has 2 rings (SSSR count). The van der Waals surface area contributed by atoms with Gasteiger partial charge >= 0.3 is 0 Å². The van der Waals surface area contributed by atoms with Crippen LogP contribution in [0.5, 0.6) is 0 Å². The molecular formula is C15H18N2. The van der Waals surface area contributed by atoms with E-state index in [4.69, 9.17) is 5.73 Å². The highest BCUT2D eigenvalue weighted by molar-refractivity contribution is 5.77. The van der Waals surface area contributed by atoms with Gasteiger partial charge in [0.25, 0.3) is 0 Å². The monoisotopic (exact) mass is 226 g/mol. The summed E-state index contributed by atoms with van der Waals surface area (Å²) in [7, 11) is 0. The molecule has 2 nitrogen and oxygen atoms in total. The van der Waals surface area contributed by atoms with Gasteiger partial charge in [0, 0.05) is 17.8 Å². The van der Waals surface area contributed by atoms with Gasteiger partial charge in [0.15, 0.2) is 0 Å². The van der Waals surface area contributed by atoms with Gasteiger partial charge < -0.3 is 11.1 Å². The molecule has 0 amide bonds. The highest BCUT2D eigenvalue weighted by Crippen LogP contribution is 2.27. The van der Waals surface area contributed by atoms with Crippen molar-refractivity contribution in [2.24, 2.45) is 5.73 Å². The molecule has 3 N–H and O–H groups in total. The van der Waals surface area contributed by atoms with E-state index in [0.717, 1.165) is 19.5 Å². The van der Waals surface area contributed by atoms with Gasteiger partial charge in [-0.05, 0) is 24.6 Å². The second kappa shape index (κ2) is 6.06. The smallest absolute Gasteiger partial charge is 0.0419 e. The van der Waals surface area contributed by atoms with E-state index in [9.17, 15) is 0 Å². The van der Waals surface area contributed by atoms with Crippen LogP contribution in [0.3, 0.4) is 0 Å². The Labute approximate surface area is 102 Å². The molecule has 17 heavy (non-hydrogen) atoms. The maximum Gasteiger partial charge on any atom is 0.0419 e. The first kappa shape index (κ1) is 11.7. The normalized spacial score (nSPS) is 10.2. The molecule has 88 valence electrons. The van der Waals surface area contributed by atoms with E-state index in [1.54, 1.807) is 0 Å². The molecule has 0 spiro atoms. The standard InChI is InChI=1S/C15H18N2/c16-11-6-12-17-15-10-5-4-9-14(15)13-7-2-1-3-8-13/h1-5,7-10,17H,6,11-12,16H2. The first-order valence-corrected chi connectivity index (χ1v) is 6.00. The fourth-order valence-electron chi connectivity index (χ4n) is 1.83. The predicted molar refractivity (Wildman–Crippen MR) is 74.0 cm³/mol. The zero-order chi connectivity index (χ0) is 11.9. The number of hydrogen-bond donors (Lipinski definition) is 2. The van der Waals surface area contributed by atoms with Gasteiger partial charge in [0.2, 0.25) is 0 Å². The summed E-state index contributed by atoms with van der Waals surface area (Å²) in [5, 5.41) is 3.43. The minimum Gasteiger partial charge on any atom is -0.384 e. The maximum atomic E-state index is 5.50. The second-order valence-electron chi connectivity index (χ2n) is 3.98. The lowest BCUT2D eigenvalue weighted by molar-refractivity contribution is 0.874. The van der Waals surface area contributed by atoms with Crippen molar-refractivity contribution >= 4 is 5.69 Å². The van der Waals surface area contributed by atoms with E-state index >= 15 is 0 Å². The highest BCUT2D eigenvalue weighted by atomic mass is 14.9. The van der Waals surface area contributed by atoms with Crippen LogP contribution in [-0.4, -0.2) is 13.1 Å². The third-order valence-electron chi connectivity index (χ3n) is 2.71. The quantitative estimate of drug-likeness (QED) is 0.769. The molecule has 0 bridgehead atoms. The number of anilines is 1. The van der Waals surface area contributed by atoms with Gasteiger partial charge in [-0.2, -0.15) is 0 Å². The lowest BCUT2D eigenvalue weighted by Gasteiger charge is -2.11. The molecule has 0 fully saturated rings. The molecule has 0 radical (unpaired) electrons. The second-order valence-corrected chi connectivity index (χ2v) is 3.98. The van der Waals surface area contributed by atoms with Gasteiger partial charge in [-0.3, -0.25) is 0 Å². The summed E-state index contributed by atoms with van der Waals surface area (Å²) in [6, 6.07) is 18.8. The van der Waals surface area contributed by atoms with E-state index in [1.165, 1.54) is 16.8 Å². The summed E-state index contributed by atoms with van der Waals surface area (Å²) in [6.07, 6.45) is 0.989. The summed E-state index contributed by atoms with van der Waals surface area (Å²) in [5.74, 6) is 0. The molecule has 0 saturated carbocycles. The van der Waals surface area contributed by atoms with Gasteiger partial charge in [0.1, 0.15) is 0 Å². The number of para-hydroxylation sites is 1. The van der Waals surface area contributed by atoms with Crippen molar-refractivity contribution in [1.82, 2.24) is 0 Å².